The van der Waals surface area contributed by atoms with Crippen LogP contribution in [0.2, 0.25) is 0 Å². The van der Waals surface area contributed by atoms with E-state index in [1.807, 2.05) is 30.3 Å². The molecule has 7 nitrogen and oxygen atoms in total. The molecule has 28 heavy (non-hydrogen) atoms. The lowest BCUT2D eigenvalue weighted by molar-refractivity contribution is -0.127. The van der Waals surface area contributed by atoms with Gasteiger partial charge < -0.3 is 18.8 Å². The van der Waals surface area contributed by atoms with E-state index in [9.17, 15) is 4.79 Å². The summed E-state index contributed by atoms with van der Waals surface area (Å²) in [4.78, 5) is 14.0. The number of thioether (sulfide) groups is 1. The summed E-state index contributed by atoms with van der Waals surface area (Å²) in [5.41, 5.74) is 1.76. The zero-order valence-corrected chi connectivity index (χ0v) is 16.7. The number of nitrogens with zero attached hydrogens (tertiary/aromatic N) is 3. The zero-order valence-electron chi connectivity index (χ0n) is 15.9. The number of carbonyl (C=O) groups is 1. The average molecular weight is 399 g/mol. The van der Waals surface area contributed by atoms with Crippen LogP contribution in [0.5, 0.6) is 11.5 Å². The van der Waals surface area contributed by atoms with E-state index in [4.69, 9.17) is 13.9 Å². The van der Waals surface area contributed by atoms with Gasteiger partial charge in [-0.25, -0.2) is 0 Å². The predicted molar refractivity (Wildman–Crippen MR) is 106 cm³/mol. The van der Waals surface area contributed by atoms with Crippen LogP contribution in [0.1, 0.15) is 5.56 Å². The molecule has 3 rings (SSSR count). The van der Waals surface area contributed by atoms with Crippen molar-refractivity contribution in [2.24, 2.45) is 0 Å². The fraction of sp³-hybridized carbons (Fsp3) is 0.250. The normalized spacial score (nSPS) is 10.5. The highest BCUT2D eigenvalue weighted by molar-refractivity contribution is 7.99. The first-order valence-corrected chi connectivity index (χ1v) is 9.55. The topological polar surface area (TPSA) is 77.7 Å². The molecular weight excluding hydrogens is 378 g/mol. The van der Waals surface area contributed by atoms with Crippen LogP contribution in [0.25, 0.3) is 11.5 Å². The van der Waals surface area contributed by atoms with Gasteiger partial charge in [0.05, 0.1) is 20.0 Å². The van der Waals surface area contributed by atoms with Crippen molar-refractivity contribution in [3.8, 4) is 23.0 Å². The predicted octanol–water partition coefficient (Wildman–Crippen LogP) is 3.50. The van der Waals surface area contributed by atoms with Crippen LogP contribution in [-0.4, -0.2) is 48.0 Å². The smallest absolute Gasteiger partial charge is 0.277 e. The van der Waals surface area contributed by atoms with Gasteiger partial charge in [-0.3, -0.25) is 4.79 Å². The van der Waals surface area contributed by atoms with Crippen LogP contribution in [0.4, 0.5) is 0 Å². The van der Waals surface area contributed by atoms with E-state index >= 15 is 0 Å². The Bertz CT molecular complexity index is 908. The van der Waals surface area contributed by atoms with Gasteiger partial charge in [-0.05, 0) is 17.7 Å². The van der Waals surface area contributed by atoms with Crippen LogP contribution in [0, 0.1) is 0 Å². The number of benzene rings is 2. The Hall–Kier alpha value is -3.00. The molecule has 0 atom stereocenters. The summed E-state index contributed by atoms with van der Waals surface area (Å²) in [6.07, 6.45) is 0. The Morgan fingerprint density at radius 3 is 2.39 bits per heavy atom. The maximum atomic E-state index is 12.3. The van der Waals surface area contributed by atoms with Crippen LogP contribution >= 0.6 is 11.8 Å². The molecule has 3 aromatic rings. The van der Waals surface area contributed by atoms with E-state index in [1.165, 1.54) is 11.8 Å². The van der Waals surface area contributed by atoms with E-state index in [-0.39, 0.29) is 11.7 Å². The van der Waals surface area contributed by atoms with Crippen molar-refractivity contribution in [1.82, 2.24) is 15.1 Å². The minimum absolute atomic E-state index is 0.0170. The third kappa shape index (κ3) is 5.04. The summed E-state index contributed by atoms with van der Waals surface area (Å²) >= 11 is 1.21. The second-order valence-corrected chi connectivity index (χ2v) is 6.93. The lowest BCUT2D eigenvalue weighted by atomic mass is 10.2. The van der Waals surface area contributed by atoms with Gasteiger partial charge in [0.15, 0.2) is 0 Å². The minimum Gasteiger partial charge on any atom is -0.497 e. The Balaban J connectivity index is 1.61. The second-order valence-electron chi connectivity index (χ2n) is 6.00. The molecule has 0 N–H and O–H groups in total. The molecule has 0 saturated carbocycles. The molecule has 0 saturated heterocycles. The van der Waals surface area contributed by atoms with Crippen LogP contribution in [-0.2, 0) is 11.3 Å². The maximum absolute atomic E-state index is 12.3. The number of rotatable bonds is 8. The number of hydrogen-bond donors (Lipinski definition) is 0. The molecule has 8 heteroatoms. The van der Waals surface area contributed by atoms with Crippen molar-refractivity contribution in [2.75, 3.05) is 27.0 Å². The molecule has 0 spiro atoms. The van der Waals surface area contributed by atoms with Crippen molar-refractivity contribution in [3.05, 3.63) is 54.1 Å². The van der Waals surface area contributed by atoms with Crippen LogP contribution in [0.3, 0.4) is 0 Å². The molecule has 1 heterocycles. The molecule has 1 aromatic heterocycles. The molecule has 0 bridgehead atoms. The van der Waals surface area contributed by atoms with E-state index in [0.29, 0.717) is 34.7 Å². The van der Waals surface area contributed by atoms with E-state index in [2.05, 4.69) is 10.2 Å². The van der Waals surface area contributed by atoms with Gasteiger partial charge >= 0.3 is 0 Å². The molecular formula is C20H21N3O4S. The van der Waals surface area contributed by atoms with Gasteiger partial charge in [0.2, 0.25) is 11.8 Å². The molecule has 2 aromatic carbocycles. The first-order valence-electron chi connectivity index (χ1n) is 8.56. The Morgan fingerprint density at radius 1 is 1.07 bits per heavy atom. The number of hydrogen-bond acceptors (Lipinski definition) is 7. The third-order valence-corrected chi connectivity index (χ3v) is 4.82. The van der Waals surface area contributed by atoms with Crippen LogP contribution in [0.15, 0.2) is 58.2 Å². The van der Waals surface area contributed by atoms with Gasteiger partial charge in [0.1, 0.15) is 11.5 Å². The highest BCUT2D eigenvalue weighted by atomic mass is 32.2. The second kappa shape index (κ2) is 9.27. The molecule has 0 aliphatic rings. The molecule has 0 fully saturated rings. The summed E-state index contributed by atoms with van der Waals surface area (Å²) in [7, 11) is 4.92. The summed E-state index contributed by atoms with van der Waals surface area (Å²) in [5, 5.41) is 8.40. The Morgan fingerprint density at radius 2 is 1.75 bits per heavy atom. The fourth-order valence-corrected chi connectivity index (χ4v) is 3.20. The van der Waals surface area contributed by atoms with Crippen molar-refractivity contribution in [1.29, 1.82) is 0 Å². The fourth-order valence-electron chi connectivity index (χ4n) is 2.49. The minimum atomic E-state index is -0.0170. The first-order chi connectivity index (χ1) is 13.6. The van der Waals surface area contributed by atoms with Crippen molar-refractivity contribution < 1.29 is 18.7 Å². The Labute approximate surface area is 167 Å². The molecule has 0 aliphatic carbocycles. The van der Waals surface area contributed by atoms with Gasteiger partial charge in [-0.2, -0.15) is 0 Å². The highest BCUT2D eigenvalue weighted by Crippen LogP contribution is 2.30. The van der Waals surface area contributed by atoms with Gasteiger partial charge in [0, 0.05) is 25.2 Å². The van der Waals surface area contributed by atoms with E-state index < -0.39 is 0 Å². The van der Waals surface area contributed by atoms with E-state index in [0.717, 1.165) is 5.56 Å². The van der Waals surface area contributed by atoms with Gasteiger partial charge in [-0.15, -0.1) is 10.2 Å². The number of carbonyl (C=O) groups excluding carboxylic acids is 1. The quantitative estimate of drug-likeness (QED) is 0.537. The lowest BCUT2D eigenvalue weighted by Gasteiger charge is -2.16. The molecule has 0 aliphatic heterocycles. The summed E-state index contributed by atoms with van der Waals surface area (Å²) in [6.45, 7) is 0.554. The maximum Gasteiger partial charge on any atom is 0.277 e. The van der Waals surface area contributed by atoms with Crippen molar-refractivity contribution >= 4 is 17.7 Å². The largest absolute Gasteiger partial charge is 0.497 e. The van der Waals surface area contributed by atoms with Crippen molar-refractivity contribution in [3.63, 3.8) is 0 Å². The summed E-state index contributed by atoms with van der Waals surface area (Å²) in [6, 6.07) is 15.2. The SMILES string of the molecule is COc1cc(OC)cc(-c2nnc(SCC(=O)N(C)Cc3ccccc3)o2)c1. The number of amides is 1. The van der Waals surface area contributed by atoms with Crippen LogP contribution < -0.4 is 9.47 Å². The molecule has 146 valence electrons. The molecule has 0 unspecified atom stereocenters. The number of methoxy groups -OCH3 is 2. The summed E-state index contributed by atoms with van der Waals surface area (Å²) in [5.74, 6) is 1.78. The first kappa shape index (κ1) is 19.8. The molecule has 1 amide bonds. The molecule has 0 radical (unpaired) electrons. The van der Waals surface area contributed by atoms with Crippen molar-refractivity contribution in [2.45, 2.75) is 11.8 Å². The number of ether oxygens (including phenoxy) is 2. The van der Waals surface area contributed by atoms with Gasteiger partial charge in [0.25, 0.3) is 5.22 Å². The standard InChI is InChI=1S/C20H21N3O4S/c1-23(12-14-7-5-4-6-8-14)18(24)13-28-20-22-21-19(27-20)15-9-16(25-2)11-17(10-15)26-3/h4-11H,12-13H2,1-3H3. The third-order valence-electron chi connectivity index (χ3n) is 4.01. The summed E-state index contributed by atoms with van der Waals surface area (Å²) < 4.78 is 16.2. The average Bonchev–Trinajstić information content (AvgIpc) is 3.21. The lowest BCUT2D eigenvalue weighted by Crippen LogP contribution is -2.27. The van der Waals surface area contributed by atoms with E-state index in [1.54, 1.807) is 44.4 Å². The van der Waals surface area contributed by atoms with Gasteiger partial charge in [-0.1, -0.05) is 42.1 Å². The monoisotopic (exact) mass is 399 g/mol. The zero-order chi connectivity index (χ0) is 19.9. The Kier molecular flexibility index (Phi) is 6.54. The number of aromatic nitrogens is 2. The highest BCUT2D eigenvalue weighted by Gasteiger charge is 2.15.